The largest absolute Gasteiger partial charge is 0.497 e. The summed E-state index contributed by atoms with van der Waals surface area (Å²) < 4.78 is 10.5. The third-order valence-corrected chi connectivity index (χ3v) is 4.57. The Kier molecular flexibility index (Phi) is 5.84. The van der Waals surface area contributed by atoms with Crippen molar-refractivity contribution < 1.29 is 9.47 Å². The quantitative estimate of drug-likeness (QED) is 0.616. The highest BCUT2D eigenvalue weighted by molar-refractivity contribution is 5.92. The van der Waals surface area contributed by atoms with Crippen LogP contribution in [-0.4, -0.2) is 39.8 Å². The van der Waals surface area contributed by atoms with Crippen LogP contribution in [0.1, 0.15) is 6.42 Å². The van der Waals surface area contributed by atoms with Crippen LogP contribution < -0.4 is 25.4 Å². The average molecular weight is 354 g/mol. The predicted octanol–water partition coefficient (Wildman–Crippen LogP) is 2.96. The number of anilines is 2. The summed E-state index contributed by atoms with van der Waals surface area (Å²) in [5, 5.41) is 3.12. The van der Waals surface area contributed by atoms with Gasteiger partial charge < -0.3 is 25.4 Å². The van der Waals surface area contributed by atoms with Crippen LogP contribution in [0, 0.1) is 5.92 Å². The van der Waals surface area contributed by atoms with Gasteiger partial charge in [-0.15, -0.1) is 0 Å². The zero-order valence-corrected chi connectivity index (χ0v) is 15.3. The molecule has 1 aliphatic rings. The number of benzene rings is 2. The lowest BCUT2D eigenvalue weighted by atomic mass is 10.1. The molecule has 0 radical (unpaired) electrons. The number of nitrogens with zero attached hydrogens (tertiary/aromatic N) is 2. The number of methoxy groups -OCH3 is 2. The summed E-state index contributed by atoms with van der Waals surface area (Å²) in [4.78, 5) is 6.88. The second-order valence-electron chi connectivity index (χ2n) is 6.39. The highest BCUT2D eigenvalue weighted by Gasteiger charge is 2.22. The van der Waals surface area contributed by atoms with Gasteiger partial charge in [-0.2, -0.15) is 0 Å². The van der Waals surface area contributed by atoms with Gasteiger partial charge in [0.05, 0.1) is 14.2 Å². The van der Waals surface area contributed by atoms with Crippen molar-refractivity contribution in [3.63, 3.8) is 0 Å². The first kappa shape index (κ1) is 17.9. The second kappa shape index (κ2) is 8.47. The number of aliphatic imine (C=N–C) groups is 1. The SMILES string of the molecule is COc1cccc(NC(N)=NCC2CCN(c3cccc(OC)c3)C2)c1. The van der Waals surface area contributed by atoms with Crippen molar-refractivity contribution >= 4 is 17.3 Å². The summed E-state index contributed by atoms with van der Waals surface area (Å²) in [6.45, 7) is 2.71. The summed E-state index contributed by atoms with van der Waals surface area (Å²) >= 11 is 0. The third-order valence-electron chi connectivity index (χ3n) is 4.57. The monoisotopic (exact) mass is 354 g/mol. The van der Waals surface area contributed by atoms with Gasteiger partial charge in [-0.3, -0.25) is 4.99 Å². The first-order chi connectivity index (χ1) is 12.7. The lowest BCUT2D eigenvalue weighted by Crippen LogP contribution is -2.25. The predicted molar refractivity (Wildman–Crippen MR) is 106 cm³/mol. The Bertz CT molecular complexity index is 763. The van der Waals surface area contributed by atoms with E-state index < -0.39 is 0 Å². The molecule has 3 N–H and O–H groups in total. The second-order valence-corrected chi connectivity index (χ2v) is 6.39. The number of hydrogen-bond donors (Lipinski definition) is 2. The molecule has 6 heteroatoms. The normalized spacial score (nSPS) is 17.2. The molecule has 26 heavy (non-hydrogen) atoms. The Morgan fingerprint density at radius 2 is 1.88 bits per heavy atom. The number of nitrogens with one attached hydrogen (secondary N) is 1. The fraction of sp³-hybridized carbons (Fsp3) is 0.350. The van der Waals surface area contributed by atoms with E-state index in [0.29, 0.717) is 18.4 Å². The molecular weight excluding hydrogens is 328 g/mol. The molecule has 0 saturated carbocycles. The lowest BCUT2D eigenvalue weighted by Gasteiger charge is -2.19. The van der Waals surface area contributed by atoms with E-state index in [9.17, 15) is 0 Å². The van der Waals surface area contributed by atoms with Crippen molar-refractivity contribution in [3.8, 4) is 11.5 Å². The van der Waals surface area contributed by atoms with Gasteiger partial charge in [0.25, 0.3) is 0 Å². The minimum Gasteiger partial charge on any atom is -0.497 e. The molecule has 0 amide bonds. The summed E-state index contributed by atoms with van der Waals surface area (Å²) in [7, 11) is 3.34. The van der Waals surface area contributed by atoms with Gasteiger partial charge >= 0.3 is 0 Å². The molecule has 138 valence electrons. The van der Waals surface area contributed by atoms with Crippen LogP contribution in [0.15, 0.2) is 53.5 Å². The molecule has 6 nitrogen and oxygen atoms in total. The van der Waals surface area contributed by atoms with Crippen LogP contribution in [0.2, 0.25) is 0 Å². The Labute approximate surface area is 154 Å². The minimum atomic E-state index is 0.429. The van der Waals surface area contributed by atoms with Crippen LogP contribution >= 0.6 is 0 Å². The molecule has 1 atom stereocenters. The maximum Gasteiger partial charge on any atom is 0.193 e. The van der Waals surface area contributed by atoms with E-state index in [0.717, 1.165) is 36.7 Å². The summed E-state index contributed by atoms with van der Waals surface area (Å²) in [6.07, 6.45) is 1.10. The molecule has 2 aromatic rings. The van der Waals surface area contributed by atoms with Crippen molar-refractivity contribution in [2.24, 2.45) is 16.6 Å². The summed E-state index contributed by atoms with van der Waals surface area (Å²) in [6, 6.07) is 15.8. The zero-order chi connectivity index (χ0) is 18.4. The Morgan fingerprint density at radius 3 is 2.65 bits per heavy atom. The molecule has 0 aliphatic carbocycles. The van der Waals surface area contributed by atoms with Crippen LogP contribution in [0.25, 0.3) is 0 Å². The topological polar surface area (TPSA) is 72.1 Å². The number of hydrogen-bond acceptors (Lipinski definition) is 4. The van der Waals surface area contributed by atoms with E-state index in [-0.39, 0.29) is 0 Å². The molecule has 1 saturated heterocycles. The first-order valence-electron chi connectivity index (χ1n) is 8.78. The van der Waals surface area contributed by atoms with Gasteiger partial charge in [-0.1, -0.05) is 12.1 Å². The Balaban J connectivity index is 1.53. The van der Waals surface area contributed by atoms with Gasteiger partial charge in [0.15, 0.2) is 5.96 Å². The van der Waals surface area contributed by atoms with Crippen LogP contribution in [-0.2, 0) is 0 Å². The van der Waals surface area contributed by atoms with Crippen molar-refractivity contribution in [3.05, 3.63) is 48.5 Å². The molecular formula is C20H26N4O2. The minimum absolute atomic E-state index is 0.429. The van der Waals surface area contributed by atoms with E-state index in [1.807, 2.05) is 36.4 Å². The molecule has 1 aliphatic heterocycles. The van der Waals surface area contributed by atoms with Gasteiger partial charge in [-0.05, 0) is 36.6 Å². The van der Waals surface area contributed by atoms with E-state index in [2.05, 4.69) is 27.3 Å². The third kappa shape index (κ3) is 4.59. The highest BCUT2D eigenvalue weighted by atomic mass is 16.5. The highest BCUT2D eigenvalue weighted by Crippen LogP contribution is 2.27. The zero-order valence-electron chi connectivity index (χ0n) is 15.3. The van der Waals surface area contributed by atoms with Gasteiger partial charge in [-0.25, -0.2) is 0 Å². The Morgan fingerprint density at radius 1 is 1.15 bits per heavy atom. The van der Waals surface area contributed by atoms with Crippen molar-refractivity contribution in [2.75, 3.05) is 44.1 Å². The number of guanidine groups is 1. The fourth-order valence-corrected chi connectivity index (χ4v) is 3.14. The average Bonchev–Trinajstić information content (AvgIpc) is 3.16. The molecule has 0 bridgehead atoms. The standard InChI is InChI=1S/C20H26N4O2/c1-25-18-7-3-5-16(11-18)23-20(21)22-13-15-9-10-24(14-15)17-6-4-8-19(12-17)26-2/h3-8,11-12,15H,9-10,13-14H2,1-2H3,(H3,21,22,23). The van der Waals surface area contributed by atoms with Gasteiger partial charge in [0.2, 0.25) is 0 Å². The van der Waals surface area contributed by atoms with Crippen molar-refractivity contribution in [1.29, 1.82) is 0 Å². The molecule has 1 heterocycles. The lowest BCUT2D eigenvalue weighted by molar-refractivity contribution is 0.415. The van der Waals surface area contributed by atoms with Crippen molar-refractivity contribution in [2.45, 2.75) is 6.42 Å². The van der Waals surface area contributed by atoms with Crippen LogP contribution in [0.4, 0.5) is 11.4 Å². The molecule has 3 rings (SSSR count). The first-order valence-corrected chi connectivity index (χ1v) is 8.78. The number of nitrogens with two attached hydrogens (primary N) is 1. The molecule has 1 fully saturated rings. The van der Waals surface area contributed by atoms with E-state index in [1.54, 1.807) is 14.2 Å². The van der Waals surface area contributed by atoms with E-state index >= 15 is 0 Å². The van der Waals surface area contributed by atoms with Gasteiger partial charge in [0, 0.05) is 43.1 Å². The number of rotatable bonds is 6. The molecule has 2 aromatic carbocycles. The Hall–Kier alpha value is -2.89. The smallest absolute Gasteiger partial charge is 0.193 e. The number of ether oxygens (including phenoxy) is 2. The van der Waals surface area contributed by atoms with Crippen LogP contribution in [0.5, 0.6) is 11.5 Å². The molecule has 1 unspecified atom stereocenters. The van der Waals surface area contributed by atoms with Crippen LogP contribution in [0.3, 0.4) is 0 Å². The molecule has 0 spiro atoms. The maximum absolute atomic E-state index is 6.03. The summed E-state index contributed by atoms with van der Waals surface area (Å²) in [5.74, 6) is 2.59. The molecule has 0 aromatic heterocycles. The fourth-order valence-electron chi connectivity index (χ4n) is 3.14. The summed E-state index contributed by atoms with van der Waals surface area (Å²) in [5.41, 5.74) is 8.09. The van der Waals surface area contributed by atoms with Crippen molar-refractivity contribution in [1.82, 2.24) is 0 Å². The van der Waals surface area contributed by atoms with E-state index in [1.165, 1.54) is 5.69 Å². The van der Waals surface area contributed by atoms with E-state index in [4.69, 9.17) is 15.2 Å². The van der Waals surface area contributed by atoms with Gasteiger partial charge in [0.1, 0.15) is 11.5 Å². The maximum atomic E-state index is 6.03.